The lowest BCUT2D eigenvalue weighted by Gasteiger charge is -2.39. The Kier molecular flexibility index (Phi) is 3.48. The lowest BCUT2D eigenvalue weighted by molar-refractivity contribution is 0.100. The van der Waals surface area contributed by atoms with Crippen LogP contribution in [0.15, 0.2) is 0 Å². The normalized spacial score (nSPS) is 37.3. The molecule has 0 spiro atoms. The molecule has 2 rings (SSSR count). The number of likely N-dealkylation sites (tertiary alicyclic amines) is 1. The zero-order chi connectivity index (χ0) is 9.97. The minimum atomic E-state index is 0.943. The summed E-state index contributed by atoms with van der Waals surface area (Å²) in [5.74, 6) is 1.98. The third-order valence-electron chi connectivity index (χ3n) is 4.32. The monoisotopic (exact) mass is 195 g/mol. The highest BCUT2D eigenvalue weighted by Crippen LogP contribution is 2.29. The maximum absolute atomic E-state index is 2.77. The first-order chi connectivity index (χ1) is 6.75. The third kappa shape index (κ3) is 2.50. The molecule has 1 saturated heterocycles. The second-order valence-electron chi connectivity index (χ2n) is 5.63. The van der Waals surface area contributed by atoms with Crippen LogP contribution in [0.3, 0.4) is 0 Å². The van der Waals surface area contributed by atoms with Gasteiger partial charge in [-0.3, -0.25) is 0 Å². The van der Waals surface area contributed by atoms with Crippen molar-refractivity contribution in [2.45, 2.75) is 58.4 Å². The Balaban J connectivity index is 1.78. The smallest absolute Gasteiger partial charge is 0.00954 e. The second kappa shape index (κ2) is 4.65. The molecule has 1 aliphatic carbocycles. The molecule has 82 valence electrons. The first-order valence-electron chi connectivity index (χ1n) is 6.49. The predicted molar refractivity (Wildman–Crippen MR) is 61.4 cm³/mol. The largest absolute Gasteiger partial charge is 0.300 e. The fourth-order valence-corrected chi connectivity index (χ4v) is 3.00. The molecular weight excluding hydrogens is 170 g/mol. The molecule has 1 nitrogen and oxygen atoms in total. The molecule has 0 atom stereocenters. The van der Waals surface area contributed by atoms with Gasteiger partial charge >= 0.3 is 0 Å². The first kappa shape index (κ1) is 10.5. The maximum Gasteiger partial charge on any atom is 0.00954 e. The Morgan fingerprint density at radius 2 is 1.21 bits per heavy atom. The predicted octanol–water partition coefficient (Wildman–Crippen LogP) is 3.30. The highest BCUT2D eigenvalue weighted by molar-refractivity contribution is 4.81. The number of piperidine rings is 1. The van der Waals surface area contributed by atoms with Crippen LogP contribution in [0.25, 0.3) is 0 Å². The highest BCUT2D eigenvalue weighted by Gasteiger charge is 2.26. The van der Waals surface area contributed by atoms with Gasteiger partial charge in [0.1, 0.15) is 0 Å². The van der Waals surface area contributed by atoms with Crippen molar-refractivity contribution in [3.63, 3.8) is 0 Å². The third-order valence-corrected chi connectivity index (χ3v) is 4.32. The summed E-state index contributed by atoms with van der Waals surface area (Å²) in [6.07, 6.45) is 8.75. The zero-order valence-electron chi connectivity index (χ0n) is 9.84. The van der Waals surface area contributed by atoms with Crippen LogP contribution in [-0.2, 0) is 0 Å². The molecule has 0 aromatic heterocycles. The first-order valence-corrected chi connectivity index (χ1v) is 6.49. The Bertz CT molecular complexity index is 142. The van der Waals surface area contributed by atoms with Crippen LogP contribution in [0.5, 0.6) is 0 Å². The summed E-state index contributed by atoms with van der Waals surface area (Å²) >= 11 is 0. The molecule has 0 N–H and O–H groups in total. The van der Waals surface area contributed by atoms with Crippen molar-refractivity contribution >= 4 is 0 Å². The fourth-order valence-electron chi connectivity index (χ4n) is 3.00. The molecule has 0 amide bonds. The molecule has 0 aromatic rings. The van der Waals surface area contributed by atoms with Gasteiger partial charge in [0.15, 0.2) is 0 Å². The molecule has 0 unspecified atom stereocenters. The molecule has 0 aromatic carbocycles. The van der Waals surface area contributed by atoms with E-state index in [0.29, 0.717) is 0 Å². The van der Waals surface area contributed by atoms with Crippen molar-refractivity contribution in [3.8, 4) is 0 Å². The molecule has 2 fully saturated rings. The quantitative estimate of drug-likeness (QED) is 0.620. The lowest BCUT2D eigenvalue weighted by atomic mass is 9.85. The van der Waals surface area contributed by atoms with Gasteiger partial charge in [0.2, 0.25) is 0 Å². The molecule has 1 heteroatoms. The fraction of sp³-hybridized carbons (Fsp3) is 1.00. The number of nitrogens with zero attached hydrogens (tertiary/aromatic N) is 1. The summed E-state index contributed by atoms with van der Waals surface area (Å²) in [5, 5.41) is 0. The molecule has 1 saturated carbocycles. The van der Waals surface area contributed by atoms with Crippen LogP contribution in [0.4, 0.5) is 0 Å². The highest BCUT2D eigenvalue weighted by atomic mass is 15.2. The Hall–Kier alpha value is -0.0400. The van der Waals surface area contributed by atoms with Crippen molar-refractivity contribution in [1.82, 2.24) is 4.90 Å². The van der Waals surface area contributed by atoms with E-state index in [9.17, 15) is 0 Å². The van der Waals surface area contributed by atoms with Gasteiger partial charge < -0.3 is 4.90 Å². The van der Waals surface area contributed by atoms with Gasteiger partial charge in [-0.25, -0.2) is 0 Å². The van der Waals surface area contributed by atoms with Gasteiger partial charge in [-0.2, -0.15) is 0 Å². The average Bonchev–Trinajstić information content (AvgIpc) is 2.21. The summed E-state index contributed by atoms with van der Waals surface area (Å²) in [6, 6.07) is 0.943. The molecule has 14 heavy (non-hydrogen) atoms. The minimum Gasteiger partial charge on any atom is -0.300 e. The van der Waals surface area contributed by atoms with Gasteiger partial charge in [-0.1, -0.05) is 13.8 Å². The van der Waals surface area contributed by atoms with E-state index < -0.39 is 0 Å². The molecule has 0 bridgehead atoms. The molecular formula is C13H25N. The lowest BCUT2D eigenvalue weighted by Crippen LogP contribution is -2.42. The van der Waals surface area contributed by atoms with E-state index in [1.54, 1.807) is 0 Å². The van der Waals surface area contributed by atoms with Crippen LogP contribution >= 0.6 is 0 Å². The van der Waals surface area contributed by atoms with Gasteiger partial charge in [0.05, 0.1) is 0 Å². The molecule has 1 aliphatic heterocycles. The van der Waals surface area contributed by atoms with E-state index in [1.807, 2.05) is 0 Å². The zero-order valence-corrected chi connectivity index (χ0v) is 9.84. The Morgan fingerprint density at radius 1 is 0.714 bits per heavy atom. The average molecular weight is 195 g/mol. The Morgan fingerprint density at radius 3 is 1.79 bits per heavy atom. The minimum absolute atomic E-state index is 0.943. The van der Waals surface area contributed by atoms with E-state index in [1.165, 1.54) is 51.6 Å². The van der Waals surface area contributed by atoms with Crippen LogP contribution in [0.1, 0.15) is 52.4 Å². The second-order valence-corrected chi connectivity index (χ2v) is 5.63. The molecule has 1 heterocycles. The summed E-state index contributed by atoms with van der Waals surface area (Å²) in [6.45, 7) is 7.56. The summed E-state index contributed by atoms with van der Waals surface area (Å²) in [4.78, 5) is 2.77. The standard InChI is InChI=1S/C13H25N/c1-11-3-5-13(6-4-11)14-9-7-12(2)8-10-14/h11-13H,3-10H2,1-2H3. The van der Waals surface area contributed by atoms with Crippen molar-refractivity contribution < 1.29 is 0 Å². The van der Waals surface area contributed by atoms with E-state index in [-0.39, 0.29) is 0 Å². The van der Waals surface area contributed by atoms with E-state index in [2.05, 4.69) is 18.7 Å². The van der Waals surface area contributed by atoms with Gasteiger partial charge in [0.25, 0.3) is 0 Å². The topological polar surface area (TPSA) is 3.24 Å². The summed E-state index contributed by atoms with van der Waals surface area (Å²) < 4.78 is 0. The van der Waals surface area contributed by atoms with Crippen molar-refractivity contribution in [2.75, 3.05) is 13.1 Å². The van der Waals surface area contributed by atoms with Crippen LogP contribution in [-0.4, -0.2) is 24.0 Å². The Labute approximate surface area is 88.9 Å². The van der Waals surface area contributed by atoms with Crippen molar-refractivity contribution in [3.05, 3.63) is 0 Å². The number of hydrogen-bond acceptors (Lipinski definition) is 1. The van der Waals surface area contributed by atoms with Gasteiger partial charge in [0, 0.05) is 6.04 Å². The summed E-state index contributed by atoms with van der Waals surface area (Å²) in [5.41, 5.74) is 0. The van der Waals surface area contributed by atoms with Crippen LogP contribution in [0, 0.1) is 11.8 Å². The summed E-state index contributed by atoms with van der Waals surface area (Å²) in [7, 11) is 0. The number of hydrogen-bond donors (Lipinski definition) is 0. The van der Waals surface area contributed by atoms with E-state index in [4.69, 9.17) is 0 Å². The van der Waals surface area contributed by atoms with E-state index in [0.717, 1.165) is 17.9 Å². The SMILES string of the molecule is CC1CCC(N2CCC(C)CC2)CC1. The van der Waals surface area contributed by atoms with E-state index >= 15 is 0 Å². The van der Waals surface area contributed by atoms with Crippen LogP contribution < -0.4 is 0 Å². The van der Waals surface area contributed by atoms with Gasteiger partial charge in [-0.05, 0) is 63.5 Å². The van der Waals surface area contributed by atoms with Crippen molar-refractivity contribution in [2.24, 2.45) is 11.8 Å². The number of rotatable bonds is 1. The van der Waals surface area contributed by atoms with Gasteiger partial charge in [-0.15, -0.1) is 0 Å². The molecule has 2 aliphatic rings. The van der Waals surface area contributed by atoms with Crippen LogP contribution in [0.2, 0.25) is 0 Å². The van der Waals surface area contributed by atoms with Crippen molar-refractivity contribution in [1.29, 1.82) is 0 Å². The molecule has 0 radical (unpaired) electrons. The maximum atomic E-state index is 2.77.